The summed E-state index contributed by atoms with van der Waals surface area (Å²) in [5, 5.41) is 6.81. The number of carbonyl (C=O) groups excluding carboxylic acids is 1. The first kappa shape index (κ1) is 15.7. The SMILES string of the molecule is CN(CC(=O)NC(C)(C)C)c1cnn(C)c(=O)c1Br. The molecule has 0 unspecified atom stereocenters. The molecule has 0 radical (unpaired) electrons. The van der Waals surface area contributed by atoms with Gasteiger partial charge in [0, 0.05) is 19.6 Å². The van der Waals surface area contributed by atoms with Crippen LogP contribution >= 0.6 is 15.9 Å². The Morgan fingerprint density at radius 2 is 2.11 bits per heavy atom. The van der Waals surface area contributed by atoms with Crippen LogP contribution in [0.1, 0.15) is 20.8 Å². The predicted octanol–water partition coefficient (Wildman–Crippen LogP) is 0.894. The first-order chi connectivity index (χ1) is 8.61. The quantitative estimate of drug-likeness (QED) is 0.893. The van der Waals surface area contributed by atoms with E-state index in [2.05, 4.69) is 26.3 Å². The normalized spacial score (nSPS) is 11.3. The maximum atomic E-state index is 11.8. The van der Waals surface area contributed by atoms with E-state index < -0.39 is 0 Å². The summed E-state index contributed by atoms with van der Waals surface area (Å²) in [5.74, 6) is -0.109. The topological polar surface area (TPSA) is 67.2 Å². The van der Waals surface area contributed by atoms with Gasteiger partial charge in [0.1, 0.15) is 4.47 Å². The second-order valence-electron chi connectivity index (χ2n) is 5.43. The maximum absolute atomic E-state index is 11.8. The lowest BCUT2D eigenvalue weighted by Gasteiger charge is -2.24. The zero-order valence-corrected chi connectivity index (χ0v) is 13.4. The van der Waals surface area contributed by atoms with Crippen LogP contribution in [0.2, 0.25) is 0 Å². The zero-order valence-electron chi connectivity index (χ0n) is 11.8. The van der Waals surface area contributed by atoms with Crippen LogP contribution in [-0.2, 0) is 11.8 Å². The van der Waals surface area contributed by atoms with Gasteiger partial charge in [-0.25, -0.2) is 4.68 Å². The highest BCUT2D eigenvalue weighted by atomic mass is 79.9. The molecular weight excluding hydrogens is 312 g/mol. The van der Waals surface area contributed by atoms with E-state index in [1.165, 1.54) is 4.68 Å². The van der Waals surface area contributed by atoms with Crippen molar-refractivity contribution in [1.29, 1.82) is 0 Å². The number of carbonyl (C=O) groups is 1. The molecular formula is C12H19BrN4O2. The molecule has 7 heteroatoms. The van der Waals surface area contributed by atoms with Gasteiger partial charge in [-0.1, -0.05) is 0 Å². The minimum atomic E-state index is -0.278. The first-order valence-corrected chi connectivity index (χ1v) is 6.65. The van der Waals surface area contributed by atoms with E-state index in [1.807, 2.05) is 20.8 Å². The minimum absolute atomic E-state index is 0.109. The Morgan fingerprint density at radius 1 is 1.53 bits per heavy atom. The van der Waals surface area contributed by atoms with Crippen molar-refractivity contribution in [3.63, 3.8) is 0 Å². The van der Waals surface area contributed by atoms with E-state index in [4.69, 9.17) is 0 Å². The summed E-state index contributed by atoms with van der Waals surface area (Å²) in [6.45, 7) is 5.91. The molecule has 1 amide bonds. The number of nitrogens with zero attached hydrogens (tertiary/aromatic N) is 3. The molecule has 0 aliphatic heterocycles. The lowest BCUT2D eigenvalue weighted by molar-refractivity contribution is -0.121. The smallest absolute Gasteiger partial charge is 0.282 e. The summed E-state index contributed by atoms with van der Waals surface area (Å²) in [6.07, 6.45) is 1.55. The van der Waals surface area contributed by atoms with Gasteiger partial charge >= 0.3 is 0 Å². The lowest BCUT2D eigenvalue weighted by Crippen LogP contribution is -2.45. The average molecular weight is 331 g/mol. The molecule has 0 fully saturated rings. The fourth-order valence-electron chi connectivity index (χ4n) is 1.53. The summed E-state index contributed by atoms with van der Waals surface area (Å²) in [6, 6.07) is 0. The fraction of sp³-hybridized carbons (Fsp3) is 0.583. The van der Waals surface area contributed by atoms with Gasteiger partial charge in [-0.05, 0) is 36.7 Å². The van der Waals surface area contributed by atoms with Crippen molar-refractivity contribution < 1.29 is 4.79 Å². The van der Waals surface area contributed by atoms with Gasteiger partial charge in [0.2, 0.25) is 5.91 Å². The van der Waals surface area contributed by atoms with Gasteiger partial charge in [0.15, 0.2) is 0 Å². The summed E-state index contributed by atoms with van der Waals surface area (Å²) in [5.41, 5.74) is 0.0768. The highest BCUT2D eigenvalue weighted by molar-refractivity contribution is 9.10. The number of hydrogen-bond acceptors (Lipinski definition) is 4. The summed E-state index contributed by atoms with van der Waals surface area (Å²) in [4.78, 5) is 25.2. The van der Waals surface area contributed by atoms with Crippen molar-refractivity contribution in [3.05, 3.63) is 21.0 Å². The largest absolute Gasteiger partial charge is 0.363 e. The van der Waals surface area contributed by atoms with Crippen molar-refractivity contribution in [3.8, 4) is 0 Å². The molecule has 0 saturated carbocycles. The third-order valence-electron chi connectivity index (χ3n) is 2.37. The molecule has 19 heavy (non-hydrogen) atoms. The summed E-state index contributed by atoms with van der Waals surface area (Å²) in [7, 11) is 3.31. The van der Waals surface area contributed by atoms with Crippen LogP contribution in [0.5, 0.6) is 0 Å². The van der Waals surface area contributed by atoms with Gasteiger partial charge in [0.05, 0.1) is 18.4 Å². The van der Waals surface area contributed by atoms with Gasteiger partial charge in [-0.15, -0.1) is 0 Å². The van der Waals surface area contributed by atoms with E-state index in [0.717, 1.165) is 0 Å². The summed E-state index contributed by atoms with van der Waals surface area (Å²) >= 11 is 3.24. The van der Waals surface area contributed by atoms with E-state index in [-0.39, 0.29) is 23.6 Å². The molecule has 1 heterocycles. The Kier molecular flexibility index (Phi) is 4.73. The Bertz CT molecular complexity index is 534. The molecule has 1 N–H and O–H groups in total. The van der Waals surface area contributed by atoms with Crippen LogP contribution in [0.25, 0.3) is 0 Å². The highest BCUT2D eigenvalue weighted by Gasteiger charge is 2.17. The Morgan fingerprint density at radius 3 is 2.63 bits per heavy atom. The Labute approximate surface area is 120 Å². The molecule has 1 aromatic heterocycles. The molecule has 6 nitrogen and oxygen atoms in total. The van der Waals surface area contributed by atoms with E-state index in [0.29, 0.717) is 10.2 Å². The van der Waals surface area contributed by atoms with Gasteiger partial charge in [-0.2, -0.15) is 5.10 Å². The molecule has 0 bridgehead atoms. The number of rotatable bonds is 3. The monoisotopic (exact) mass is 330 g/mol. The molecule has 1 rings (SSSR count). The molecule has 0 aliphatic rings. The van der Waals surface area contributed by atoms with E-state index >= 15 is 0 Å². The van der Waals surface area contributed by atoms with Crippen LogP contribution in [-0.4, -0.2) is 34.8 Å². The Hall–Kier alpha value is -1.37. The van der Waals surface area contributed by atoms with Crippen molar-refractivity contribution in [2.45, 2.75) is 26.3 Å². The van der Waals surface area contributed by atoms with Crippen molar-refractivity contribution in [2.75, 3.05) is 18.5 Å². The van der Waals surface area contributed by atoms with Crippen LogP contribution in [0.15, 0.2) is 15.5 Å². The van der Waals surface area contributed by atoms with Crippen LogP contribution in [0.3, 0.4) is 0 Å². The molecule has 106 valence electrons. The number of aryl methyl sites for hydroxylation is 1. The molecule has 1 aromatic rings. The van der Waals surface area contributed by atoms with E-state index in [1.54, 1.807) is 25.2 Å². The van der Waals surface area contributed by atoms with Crippen molar-refractivity contribution >= 4 is 27.5 Å². The van der Waals surface area contributed by atoms with Crippen LogP contribution in [0.4, 0.5) is 5.69 Å². The number of anilines is 1. The Balaban J connectivity index is 2.85. The fourth-order valence-corrected chi connectivity index (χ4v) is 2.19. The molecule has 0 atom stereocenters. The molecule has 0 aliphatic carbocycles. The summed E-state index contributed by atoms with van der Waals surface area (Å²) < 4.78 is 1.63. The highest BCUT2D eigenvalue weighted by Crippen LogP contribution is 2.19. The number of nitrogens with one attached hydrogen (secondary N) is 1. The number of hydrogen-bond donors (Lipinski definition) is 1. The van der Waals surface area contributed by atoms with Crippen molar-refractivity contribution in [2.24, 2.45) is 7.05 Å². The van der Waals surface area contributed by atoms with Gasteiger partial charge in [0.25, 0.3) is 5.56 Å². The third-order valence-corrected chi connectivity index (χ3v) is 3.11. The standard InChI is InChI=1S/C12H19BrN4O2/c1-12(2,3)15-9(18)7-16(4)8-6-14-17(5)11(19)10(8)13/h6H,7H2,1-5H3,(H,15,18). The first-order valence-electron chi connectivity index (χ1n) is 5.86. The van der Waals surface area contributed by atoms with Crippen LogP contribution < -0.4 is 15.8 Å². The lowest BCUT2D eigenvalue weighted by atomic mass is 10.1. The van der Waals surface area contributed by atoms with Gasteiger partial charge < -0.3 is 10.2 Å². The second-order valence-corrected chi connectivity index (χ2v) is 6.22. The maximum Gasteiger partial charge on any atom is 0.282 e. The van der Waals surface area contributed by atoms with Gasteiger partial charge in [-0.3, -0.25) is 9.59 Å². The molecule has 0 saturated heterocycles. The van der Waals surface area contributed by atoms with Crippen LogP contribution in [0, 0.1) is 0 Å². The number of aromatic nitrogens is 2. The average Bonchev–Trinajstić information content (AvgIpc) is 2.23. The zero-order chi connectivity index (χ0) is 14.8. The predicted molar refractivity (Wildman–Crippen MR) is 78.3 cm³/mol. The number of likely N-dealkylation sites (N-methyl/N-ethyl adjacent to an activating group) is 1. The number of amides is 1. The van der Waals surface area contributed by atoms with Crippen molar-refractivity contribution in [1.82, 2.24) is 15.1 Å². The second kappa shape index (κ2) is 5.73. The number of halogens is 1. The minimum Gasteiger partial charge on any atom is -0.363 e. The molecule has 0 spiro atoms. The van der Waals surface area contributed by atoms with E-state index in [9.17, 15) is 9.59 Å². The third kappa shape index (κ3) is 4.34. The molecule has 0 aromatic carbocycles.